The van der Waals surface area contributed by atoms with Crippen molar-refractivity contribution in [1.29, 1.82) is 0 Å². The third-order valence-electron chi connectivity index (χ3n) is 1.35. The van der Waals surface area contributed by atoms with E-state index >= 15 is 0 Å². The molecule has 0 amide bonds. The molecule has 0 aromatic carbocycles. The minimum Gasteiger partial charge on any atom is -0.549 e. The SMILES string of the molecule is O=C([O-])C(C(=O)[O-])c1cnccn1. The van der Waals surface area contributed by atoms with Crippen LogP contribution in [0.25, 0.3) is 0 Å². The molecule has 0 N–H and O–H groups in total. The molecular weight excluding hydrogens is 176 g/mol. The first-order valence-electron chi connectivity index (χ1n) is 3.30. The molecule has 68 valence electrons. The van der Waals surface area contributed by atoms with E-state index in [0.29, 0.717) is 0 Å². The average molecular weight is 180 g/mol. The molecule has 6 nitrogen and oxygen atoms in total. The summed E-state index contributed by atoms with van der Waals surface area (Å²) >= 11 is 0. The Morgan fingerprint density at radius 2 is 1.85 bits per heavy atom. The Morgan fingerprint density at radius 1 is 1.23 bits per heavy atom. The zero-order chi connectivity index (χ0) is 9.84. The van der Waals surface area contributed by atoms with E-state index in [1.165, 1.54) is 12.4 Å². The van der Waals surface area contributed by atoms with Crippen LogP contribution in [0.15, 0.2) is 18.6 Å². The van der Waals surface area contributed by atoms with E-state index in [4.69, 9.17) is 0 Å². The van der Waals surface area contributed by atoms with Gasteiger partial charge in [-0.3, -0.25) is 9.97 Å². The Morgan fingerprint density at radius 3 is 2.23 bits per heavy atom. The number of hydrogen-bond donors (Lipinski definition) is 0. The van der Waals surface area contributed by atoms with Crippen molar-refractivity contribution in [3.8, 4) is 0 Å². The van der Waals surface area contributed by atoms with Gasteiger partial charge in [-0.2, -0.15) is 0 Å². The third-order valence-corrected chi connectivity index (χ3v) is 1.35. The lowest BCUT2D eigenvalue weighted by Crippen LogP contribution is -2.42. The van der Waals surface area contributed by atoms with Crippen LogP contribution in [-0.2, 0) is 9.59 Å². The van der Waals surface area contributed by atoms with Gasteiger partial charge in [0.1, 0.15) is 0 Å². The van der Waals surface area contributed by atoms with Crippen LogP contribution in [0.5, 0.6) is 0 Å². The molecular formula is C7H4N2O4-2. The highest BCUT2D eigenvalue weighted by Crippen LogP contribution is 2.08. The van der Waals surface area contributed by atoms with E-state index in [-0.39, 0.29) is 5.69 Å². The maximum atomic E-state index is 10.3. The fourth-order valence-electron chi connectivity index (χ4n) is 0.797. The van der Waals surface area contributed by atoms with E-state index < -0.39 is 17.9 Å². The number of aliphatic carboxylic acids is 2. The molecule has 1 aromatic rings. The Labute approximate surface area is 72.9 Å². The van der Waals surface area contributed by atoms with Crippen LogP contribution in [0.4, 0.5) is 0 Å². The van der Waals surface area contributed by atoms with Gasteiger partial charge in [-0.15, -0.1) is 0 Å². The number of nitrogens with zero attached hydrogens (tertiary/aromatic N) is 2. The summed E-state index contributed by atoms with van der Waals surface area (Å²) in [4.78, 5) is 27.7. The predicted molar refractivity (Wildman–Crippen MR) is 34.8 cm³/mol. The highest BCUT2D eigenvalue weighted by atomic mass is 16.4. The van der Waals surface area contributed by atoms with E-state index in [1.807, 2.05) is 0 Å². The average Bonchev–Trinajstić information content (AvgIpc) is 2.04. The summed E-state index contributed by atoms with van der Waals surface area (Å²) in [5, 5.41) is 20.7. The minimum absolute atomic E-state index is 0.206. The minimum atomic E-state index is -1.87. The van der Waals surface area contributed by atoms with Crippen LogP contribution < -0.4 is 10.2 Å². The molecule has 1 rings (SSSR count). The smallest absolute Gasteiger partial charge is 0.0820 e. The van der Waals surface area contributed by atoms with Crippen molar-refractivity contribution < 1.29 is 19.8 Å². The first-order valence-corrected chi connectivity index (χ1v) is 3.30. The molecule has 0 saturated carbocycles. The van der Waals surface area contributed by atoms with Crippen molar-refractivity contribution in [2.45, 2.75) is 5.92 Å². The predicted octanol–water partition coefficient (Wildman–Crippen LogP) is -2.94. The standard InChI is InChI=1S/C7H6N2O4/c10-6(11)5(7(12)13)4-3-8-1-2-9-4/h1-3,5H,(H,10,11)(H,12,13)/p-2. The van der Waals surface area contributed by atoms with Gasteiger partial charge in [-0.1, -0.05) is 0 Å². The van der Waals surface area contributed by atoms with Crippen molar-refractivity contribution in [3.05, 3.63) is 24.3 Å². The number of carboxylic acids is 2. The third kappa shape index (κ3) is 1.98. The first kappa shape index (κ1) is 9.11. The van der Waals surface area contributed by atoms with E-state index in [2.05, 4.69) is 9.97 Å². The van der Waals surface area contributed by atoms with Gasteiger partial charge in [0.25, 0.3) is 0 Å². The fourth-order valence-corrected chi connectivity index (χ4v) is 0.797. The van der Waals surface area contributed by atoms with Crippen molar-refractivity contribution in [2.75, 3.05) is 0 Å². The summed E-state index contributed by atoms with van der Waals surface area (Å²) < 4.78 is 0. The second-order valence-electron chi connectivity index (χ2n) is 2.20. The lowest BCUT2D eigenvalue weighted by Gasteiger charge is -2.17. The van der Waals surface area contributed by atoms with E-state index in [0.717, 1.165) is 6.20 Å². The zero-order valence-electron chi connectivity index (χ0n) is 6.34. The number of rotatable bonds is 3. The number of carbonyl (C=O) groups excluding carboxylic acids is 2. The van der Waals surface area contributed by atoms with Gasteiger partial charge in [-0.05, 0) is 0 Å². The molecule has 0 unspecified atom stereocenters. The van der Waals surface area contributed by atoms with Crippen molar-refractivity contribution >= 4 is 11.9 Å². The molecule has 0 aliphatic carbocycles. The summed E-state index contributed by atoms with van der Waals surface area (Å²) in [6.07, 6.45) is 3.52. The molecule has 0 spiro atoms. The van der Waals surface area contributed by atoms with Crippen LogP contribution in [0, 0.1) is 0 Å². The molecule has 0 aliphatic rings. The first-order chi connectivity index (χ1) is 6.13. The van der Waals surface area contributed by atoms with Crippen LogP contribution >= 0.6 is 0 Å². The van der Waals surface area contributed by atoms with E-state index in [9.17, 15) is 19.8 Å². The molecule has 0 radical (unpaired) electrons. The second kappa shape index (κ2) is 3.61. The zero-order valence-corrected chi connectivity index (χ0v) is 6.34. The van der Waals surface area contributed by atoms with Gasteiger partial charge in [-0.25, -0.2) is 0 Å². The number of carbonyl (C=O) groups is 2. The quantitative estimate of drug-likeness (QED) is 0.460. The van der Waals surface area contributed by atoms with Gasteiger partial charge in [0.2, 0.25) is 0 Å². The number of aromatic nitrogens is 2. The highest BCUT2D eigenvalue weighted by Gasteiger charge is 2.15. The Kier molecular flexibility index (Phi) is 2.53. The molecule has 0 bridgehead atoms. The van der Waals surface area contributed by atoms with Gasteiger partial charge >= 0.3 is 0 Å². The van der Waals surface area contributed by atoms with Crippen LogP contribution in [0.2, 0.25) is 0 Å². The summed E-state index contributed by atoms with van der Waals surface area (Å²) in [7, 11) is 0. The molecule has 13 heavy (non-hydrogen) atoms. The van der Waals surface area contributed by atoms with Crippen molar-refractivity contribution in [1.82, 2.24) is 9.97 Å². The van der Waals surface area contributed by atoms with Gasteiger partial charge in [0, 0.05) is 18.6 Å². The van der Waals surface area contributed by atoms with Crippen LogP contribution in [0.1, 0.15) is 11.6 Å². The lowest BCUT2D eigenvalue weighted by atomic mass is 10.1. The van der Waals surface area contributed by atoms with Gasteiger partial charge in [0.15, 0.2) is 0 Å². The summed E-state index contributed by atoms with van der Waals surface area (Å²) in [5.74, 6) is -5.39. The normalized spacial score (nSPS) is 9.92. The van der Waals surface area contributed by atoms with Gasteiger partial charge < -0.3 is 19.8 Å². The topological polar surface area (TPSA) is 106 Å². The van der Waals surface area contributed by atoms with Crippen LogP contribution in [-0.4, -0.2) is 21.9 Å². The molecule has 0 aliphatic heterocycles. The Bertz CT molecular complexity index is 311. The van der Waals surface area contributed by atoms with Gasteiger partial charge in [0.05, 0.1) is 23.6 Å². The molecule has 0 saturated heterocycles. The summed E-state index contributed by atoms with van der Waals surface area (Å²) in [6.45, 7) is 0. The number of hydrogen-bond acceptors (Lipinski definition) is 6. The Hall–Kier alpha value is -1.98. The van der Waals surface area contributed by atoms with Crippen molar-refractivity contribution in [3.63, 3.8) is 0 Å². The fraction of sp³-hybridized carbons (Fsp3) is 0.143. The Balaban J connectivity index is 3.03. The van der Waals surface area contributed by atoms with E-state index in [1.54, 1.807) is 0 Å². The second-order valence-corrected chi connectivity index (χ2v) is 2.20. The highest BCUT2D eigenvalue weighted by molar-refractivity contribution is 5.96. The molecule has 0 fully saturated rings. The molecule has 1 aromatic heterocycles. The van der Waals surface area contributed by atoms with Crippen LogP contribution in [0.3, 0.4) is 0 Å². The molecule has 0 atom stereocenters. The lowest BCUT2D eigenvalue weighted by molar-refractivity contribution is -0.326. The summed E-state index contributed by atoms with van der Waals surface area (Å²) in [6, 6.07) is 0. The maximum Gasteiger partial charge on any atom is 0.0820 e. The number of carboxylic acid groups (broad SMARTS) is 2. The molecule has 6 heteroatoms. The monoisotopic (exact) mass is 180 g/mol. The molecule has 1 heterocycles. The van der Waals surface area contributed by atoms with Crippen molar-refractivity contribution in [2.24, 2.45) is 0 Å². The summed E-state index contributed by atoms with van der Waals surface area (Å²) in [5.41, 5.74) is -0.206. The largest absolute Gasteiger partial charge is 0.549 e. The maximum absolute atomic E-state index is 10.3.